The van der Waals surface area contributed by atoms with Gasteiger partial charge in [0, 0.05) is 36.7 Å². The lowest BCUT2D eigenvalue weighted by molar-refractivity contribution is 0.669. The van der Waals surface area contributed by atoms with Crippen molar-refractivity contribution in [1.82, 2.24) is 5.32 Å². The Bertz CT molecular complexity index is 533. The van der Waals surface area contributed by atoms with Crippen LogP contribution in [-0.4, -0.2) is 19.6 Å². The second-order valence-corrected chi connectivity index (χ2v) is 6.12. The van der Waals surface area contributed by atoms with Crippen LogP contribution in [0.2, 0.25) is 0 Å². The number of hydrogen-bond acceptors (Lipinski definition) is 3. The van der Waals surface area contributed by atoms with E-state index in [0.29, 0.717) is 0 Å². The van der Waals surface area contributed by atoms with Crippen LogP contribution in [0.25, 0.3) is 0 Å². The van der Waals surface area contributed by atoms with Gasteiger partial charge >= 0.3 is 0 Å². The lowest BCUT2D eigenvalue weighted by Gasteiger charge is -2.23. The van der Waals surface area contributed by atoms with Gasteiger partial charge in [0.15, 0.2) is 0 Å². The molecule has 0 saturated carbocycles. The van der Waals surface area contributed by atoms with Crippen molar-refractivity contribution in [2.45, 2.75) is 27.3 Å². The second kappa shape index (κ2) is 7.46. The third-order valence-corrected chi connectivity index (χ3v) is 4.58. The third-order valence-electron chi connectivity index (χ3n) is 3.56. The Balaban J connectivity index is 1.81. The van der Waals surface area contributed by atoms with Gasteiger partial charge in [-0.2, -0.15) is 0 Å². The molecule has 2 nitrogen and oxygen atoms in total. The Morgan fingerprint density at radius 3 is 2.70 bits per heavy atom. The smallest absolute Gasteiger partial charge is 0.0369 e. The highest BCUT2D eigenvalue weighted by Gasteiger charge is 2.04. The number of anilines is 1. The fourth-order valence-corrected chi connectivity index (χ4v) is 3.17. The second-order valence-electron chi connectivity index (χ2n) is 5.12. The summed E-state index contributed by atoms with van der Waals surface area (Å²) in [5, 5.41) is 5.71. The van der Waals surface area contributed by atoms with E-state index in [-0.39, 0.29) is 0 Å². The molecule has 0 radical (unpaired) electrons. The standard InChI is InChI=1S/C17H24N2S/c1-4-19(16-7-5-6-14(2)12-16)10-9-18-13-17-15(3)8-11-20-17/h5-8,11-12,18H,4,9-10,13H2,1-3H3. The van der Waals surface area contributed by atoms with Crippen molar-refractivity contribution in [3.8, 4) is 0 Å². The summed E-state index contributed by atoms with van der Waals surface area (Å²) in [4.78, 5) is 3.87. The topological polar surface area (TPSA) is 15.3 Å². The number of aryl methyl sites for hydroxylation is 2. The molecule has 20 heavy (non-hydrogen) atoms. The summed E-state index contributed by atoms with van der Waals surface area (Å²) in [7, 11) is 0. The van der Waals surface area contributed by atoms with E-state index in [4.69, 9.17) is 0 Å². The molecule has 1 heterocycles. The molecule has 3 heteroatoms. The van der Waals surface area contributed by atoms with Crippen LogP contribution < -0.4 is 10.2 Å². The van der Waals surface area contributed by atoms with E-state index in [9.17, 15) is 0 Å². The van der Waals surface area contributed by atoms with E-state index in [2.05, 4.69) is 66.7 Å². The minimum atomic E-state index is 0.981. The summed E-state index contributed by atoms with van der Waals surface area (Å²) >= 11 is 1.84. The maximum Gasteiger partial charge on any atom is 0.0369 e. The van der Waals surface area contributed by atoms with Gasteiger partial charge in [-0.05, 0) is 55.5 Å². The number of nitrogens with zero attached hydrogens (tertiary/aromatic N) is 1. The minimum Gasteiger partial charge on any atom is -0.371 e. The Labute approximate surface area is 126 Å². The highest BCUT2D eigenvalue weighted by molar-refractivity contribution is 7.10. The number of hydrogen-bond donors (Lipinski definition) is 1. The van der Waals surface area contributed by atoms with Gasteiger partial charge in [0.05, 0.1) is 0 Å². The molecule has 0 unspecified atom stereocenters. The zero-order valence-electron chi connectivity index (χ0n) is 12.6. The van der Waals surface area contributed by atoms with E-state index >= 15 is 0 Å². The van der Waals surface area contributed by atoms with Crippen molar-refractivity contribution in [1.29, 1.82) is 0 Å². The summed E-state index contributed by atoms with van der Waals surface area (Å²) < 4.78 is 0. The monoisotopic (exact) mass is 288 g/mol. The molecule has 1 aromatic carbocycles. The van der Waals surface area contributed by atoms with E-state index < -0.39 is 0 Å². The van der Waals surface area contributed by atoms with Crippen LogP contribution in [0, 0.1) is 13.8 Å². The maximum atomic E-state index is 3.55. The van der Waals surface area contributed by atoms with Crippen LogP contribution in [-0.2, 0) is 6.54 Å². The van der Waals surface area contributed by atoms with Gasteiger partial charge in [0.25, 0.3) is 0 Å². The molecule has 0 aliphatic carbocycles. The first-order valence-electron chi connectivity index (χ1n) is 7.26. The average molecular weight is 288 g/mol. The van der Waals surface area contributed by atoms with Crippen LogP contribution >= 0.6 is 11.3 Å². The van der Waals surface area contributed by atoms with Gasteiger partial charge in [-0.3, -0.25) is 0 Å². The first-order chi connectivity index (χ1) is 9.70. The largest absolute Gasteiger partial charge is 0.371 e. The van der Waals surface area contributed by atoms with Crippen molar-refractivity contribution in [3.05, 3.63) is 51.7 Å². The Hall–Kier alpha value is -1.32. The lowest BCUT2D eigenvalue weighted by Crippen LogP contribution is -2.31. The first-order valence-corrected chi connectivity index (χ1v) is 8.14. The highest BCUT2D eigenvalue weighted by atomic mass is 32.1. The highest BCUT2D eigenvalue weighted by Crippen LogP contribution is 2.16. The predicted molar refractivity (Wildman–Crippen MR) is 89.8 cm³/mol. The molecule has 1 aromatic heterocycles. The van der Waals surface area contributed by atoms with Crippen molar-refractivity contribution >= 4 is 17.0 Å². The molecule has 0 atom stereocenters. The van der Waals surface area contributed by atoms with Gasteiger partial charge in [-0.15, -0.1) is 11.3 Å². The molecule has 0 spiro atoms. The van der Waals surface area contributed by atoms with Gasteiger partial charge in [0.1, 0.15) is 0 Å². The van der Waals surface area contributed by atoms with E-state index in [1.165, 1.54) is 21.7 Å². The Kier molecular flexibility index (Phi) is 5.62. The van der Waals surface area contributed by atoms with Crippen LogP contribution in [0.15, 0.2) is 35.7 Å². The molecule has 0 amide bonds. The quantitative estimate of drug-likeness (QED) is 0.775. The molecule has 0 saturated heterocycles. The van der Waals surface area contributed by atoms with Gasteiger partial charge in [-0.1, -0.05) is 12.1 Å². The van der Waals surface area contributed by atoms with Crippen LogP contribution in [0.3, 0.4) is 0 Å². The number of benzene rings is 1. The van der Waals surface area contributed by atoms with Gasteiger partial charge in [-0.25, -0.2) is 0 Å². The zero-order chi connectivity index (χ0) is 14.4. The molecular weight excluding hydrogens is 264 g/mol. The number of rotatable bonds is 7. The van der Waals surface area contributed by atoms with Crippen LogP contribution in [0.5, 0.6) is 0 Å². The van der Waals surface area contributed by atoms with Gasteiger partial charge < -0.3 is 10.2 Å². The fraction of sp³-hybridized carbons (Fsp3) is 0.412. The van der Waals surface area contributed by atoms with Crippen molar-refractivity contribution in [3.63, 3.8) is 0 Å². The fourth-order valence-electron chi connectivity index (χ4n) is 2.30. The maximum absolute atomic E-state index is 3.55. The van der Waals surface area contributed by atoms with Crippen molar-refractivity contribution in [2.75, 3.05) is 24.5 Å². The molecular formula is C17H24N2S. The molecule has 0 fully saturated rings. The molecule has 108 valence electrons. The van der Waals surface area contributed by atoms with Crippen molar-refractivity contribution in [2.24, 2.45) is 0 Å². The average Bonchev–Trinajstić information content (AvgIpc) is 2.84. The van der Waals surface area contributed by atoms with E-state index in [1.807, 2.05) is 11.3 Å². The SMILES string of the molecule is CCN(CCNCc1sccc1C)c1cccc(C)c1. The zero-order valence-corrected chi connectivity index (χ0v) is 13.5. The normalized spacial score (nSPS) is 10.8. The van der Waals surface area contributed by atoms with Crippen LogP contribution in [0.1, 0.15) is 22.9 Å². The summed E-state index contributed by atoms with van der Waals surface area (Å²) in [5.41, 5.74) is 4.04. The molecule has 0 aliphatic heterocycles. The summed E-state index contributed by atoms with van der Waals surface area (Å²) in [5.74, 6) is 0. The number of thiophene rings is 1. The number of nitrogens with one attached hydrogen (secondary N) is 1. The predicted octanol–water partition coefficient (Wildman–Crippen LogP) is 3.98. The summed E-state index contributed by atoms with van der Waals surface area (Å²) in [6, 6.07) is 10.9. The Morgan fingerprint density at radius 2 is 2.05 bits per heavy atom. The molecule has 1 N–H and O–H groups in total. The number of likely N-dealkylation sites (N-methyl/N-ethyl adjacent to an activating group) is 1. The first kappa shape index (κ1) is 15.1. The molecule has 0 bridgehead atoms. The Morgan fingerprint density at radius 1 is 1.20 bits per heavy atom. The molecule has 0 aliphatic rings. The van der Waals surface area contributed by atoms with E-state index in [0.717, 1.165) is 26.2 Å². The molecule has 2 aromatic rings. The van der Waals surface area contributed by atoms with Crippen molar-refractivity contribution < 1.29 is 0 Å². The summed E-state index contributed by atoms with van der Waals surface area (Å²) in [6.07, 6.45) is 0. The van der Waals surface area contributed by atoms with Gasteiger partial charge in [0.2, 0.25) is 0 Å². The lowest BCUT2D eigenvalue weighted by atomic mass is 10.2. The third kappa shape index (κ3) is 4.09. The van der Waals surface area contributed by atoms with E-state index in [1.54, 1.807) is 0 Å². The summed E-state index contributed by atoms with van der Waals surface area (Å²) in [6.45, 7) is 10.6. The minimum absolute atomic E-state index is 0.981. The molecule has 2 rings (SSSR count). The van der Waals surface area contributed by atoms with Crippen LogP contribution in [0.4, 0.5) is 5.69 Å².